The molecular weight excluding hydrogens is 414 g/mol. The van der Waals surface area contributed by atoms with Crippen molar-refractivity contribution >= 4 is 32.8 Å². The number of thiophene rings is 1. The van der Waals surface area contributed by atoms with E-state index in [2.05, 4.69) is 6.07 Å². The number of hydrogen-bond donors (Lipinski definition) is 0. The molecule has 3 aromatic heterocycles. The molecule has 1 saturated heterocycles. The zero-order valence-electron chi connectivity index (χ0n) is 15.3. The first-order valence-electron chi connectivity index (χ1n) is 8.83. The predicted molar refractivity (Wildman–Crippen MR) is 105 cm³/mol. The van der Waals surface area contributed by atoms with Gasteiger partial charge >= 0.3 is 5.97 Å². The molecule has 0 amide bonds. The molecule has 0 bridgehead atoms. The Morgan fingerprint density at radius 3 is 2.83 bits per heavy atom. The molecule has 0 aliphatic carbocycles. The van der Waals surface area contributed by atoms with Crippen LogP contribution < -0.4 is 0 Å². The van der Waals surface area contributed by atoms with Gasteiger partial charge in [-0.15, -0.1) is 11.3 Å². The fraction of sp³-hybridized carbons (Fsp3) is 0.263. The third-order valence-electron chi connectivity index (χ3n) is 4.64. The second-order valence-electron chi connectivity index (χ2n) is 6.34. The topological polar surface area (TPSA) is 101 Å². The zero-order valence-corrected chi connectivity index (χ0v) is 16.9. The maximum atomic E-state index is 12.9. The molecule has 1 aliphatic heterocycles. The van der Waals surface area contributed by atoms with E-state index in [1.165, 1.54) is 10.4 Å². The quantitative estimate of drug-likeness (QED) is 0.575. The molecule has 0 N–H and O–H groups in total. The van der Waals surface area contributed by atoms with E-state index in [0.29, 0.717) is 29.9 Å². The molecule has 0 saturated carbocycles. The zero-order chi connectivity index (χ0) is 20.4. The second-order valence-corrected chi connectivity index (χ2v) is 9.16. The molecule has 29 heavy (non-hydrogen) atoms. The first kappa shape index (κ1) is 19.6. The summed E-state index contributed by atoms with van der Waals surface area (Å²) in [5, 5.41) is 11.0. The Morgan fingerprint density at radius 2 is 2.07 bits per heavy atom. The Kier molecular flexibility index (Phi) is 5.38. The molecule has 0 spiro atoms. The van der Waals surface area contributed by atoms with E-state index in [4.69, 9.17) is 9.47 Å². The van der Waals surface area contributed by atoms with Crippen LogP contribution in [0.5, 0.6) is 0 Å². The van der Waals surface area contributed by atoms with Gasteiger partial charge in [0.2, 0.25) is 10.0 Å². The number of morpholine rings is 1. The van der Waals surface area contributed by atoms with Crippen molar-refractivity contribution in [2.24, 2.45) is 0 Å². The van der Waals surface area contributed by atoms with Gasteiger partial charge in [0.05, 0.1) is 24.3 Å². The van der Waals surface area contributed by atoms with Crippen molar-refractivity contribution in [2.75, 3.05) is 26.3 Å². The number of hydrogen-bond acceptors (Lipinski definition) is 7. The summed E-state index contributed by atoms with van der Waals surface area (Å²) in [7, 11) is -3.80. The third-order valence-corrected chi connectivity index (χ3v) is 7.60. The standard InChI is InChI=1S/C19H17N3O5S2/c20-11-15-14(12-21-5-2-1-3-16(15)21)13-27-19(23)18-17(4-10-28-18)29(24,25)22-6-8-26-9-7-22/h1-5,10,12H,6-9,13H2. The van der Waals surface area contributed by atoms with Gasteiger partial charge in [0.25, 0.3) is 0 Å². The average molecular weight is 431 g/mol. The summed E-state index contributed by atoms with van der Waals surface area (Å²) in [6, 6.07) is 9.00. The van der Waals surface area contributed by atoms with Crippen LogP contribution in [0.2, 0.25) is 0 Å². The number of carbonyl (C=O) groups excluding carboxylic acids is 1. The van der Waals surface area contributed by atoms with E-state index in [-0.39, 0.29) is 29.5 Å². The van der Waals surface area contributed by atoms with Crippen molar-refractivity contribution in [3.63, 3.8) is 0 Å². The van der Waals surface area contributed by atoms with E-state index < -0.39 is 16.0 Å². The monoisotopic (exact) mass is 431 g/mol. The first-order chi connectivity index (χ1) is 14.0. The van der Waals surface area contributed by atoms with E-state index >= 15 is 0 Å². The van der Waals surface area contributed by atoms with Crippen LogP contribution in [0.25, 0.3) is 5.52 Å². The lowest BCUT2D eigenvalue weighted by molar-refractivity contribution is 0.0473. The number of rotatable bonds is 5. The van der Waals surface area contributed by atoms with Crippen LogP contribution in [0.3, 0.4) is 0 Å². The Bertz CT molecular complexity index is 1200. The highest BCUT2D eigenvalue weighted by Crippen LogP contribution is 2.27. The minimum absolute atomic E-state index is 0.0266. The largest absolute Gasteiger partial charge is 0.456 e. The summed E-state index contributed by atoms with van der Waals surface area (Å²) >= 11 is 1.02. The molecule has 0 unspecified atom stereocenters. The third kappa shape index (κ3) is 3.65. The van der Waals surface area contributed by atoms with E-state index in [0.717, 1.165) is 11.3 Å². The summed E-state index contributed by atoms with van der Waals surface area (Å²) in [5.41, 5.74) is 1.69. The molecule has 1 fully saturated rings. The molecule has 0 aromatic carbocycles. The van der Waals surface area contributed by atoms with Crippen LogP contribution in [0.1, 0.15) is 20.8 Å². The van der Waals surface area contributed by atoms with E-state index in [9.17, 15) is 18.5 Å². The number of nitriles is 1. The molecule has 0 atom stereocenters. The van der Waals surface area contributed by atoms with Gasteiger partial charge in [-0.25, -0.2) is 13.2 Å². The Hall–Kier alpha value is -2.71. The predicted octanol–water partition coefficient (Wildman–Crippen LogP) is 2.25. The second kappa shape index (κ2) is 7.96. The normalized spacial score (nSPS) is 15.3. The number of fused-ring (bicyclic) bond motifs is 1. The Morgan fingerprint density at radius 1 is 1.28 bits per heavy atom. The van der Waals surface area contributed by atoms with Crippen LogP contribution in [0, 0.1) is 11.3 Å². The summed E-state index contributed by atoms with van der Waals surface area (Å²) in [6.07, 6.45) is 3.52. The molecular formula is C19H17N3O5S2. The molecule has 8 nitrogen and oxygen atoms in total. The van der Waals surface area contributed by atoms with Crippen molar-refractivity contribution in [2.45, 2.75) is 11.5 Å². The van der Waals surface area contributed by atoms with Gasteiger partial charge in [0.15, 0.2) is 0 Å². The molecule has 0 radical (unpaired) electrons. The van der Waals surface area contributed by atoms with Gasteiger partial charge in [-0.1, -0.05) is 6.07 Å². The lowest BCUT2D eigenvalue weighted by Crippen LogP contribution is -2.40. The molecule has 10 heteroatoms. The highest BCUT2D eigenvalue weighted by molar-refractivity contribution is 7.89. The first-order valence-corrected chi connectivity index (χ1v) is 11.2. The fourth-order valence-corrected chi connectivity index (χ4v) is 5.89. The molecule has 4 heterocycles. The summed E-state index contributed by atoms with van der Waals surface area (Å²) in [6.45, 7) is 1.01. The Labute approximate surface area is 171 Å². The maximum Gasteiger partial charge on any atom is 0.350 e. The van der Waals surface area contributed by atoms with Crippen LogP contribution in [-0.4, -0.2) is 49.4 Å². The molecule has 1 aliphatic rings. The van der Waals surface area contributed by atoms with Gasteiger partial charge in [-0.3, -0.25) is 0 Å². The van der Waals surface area contributed by atoms with Gasteiger partial charge < -0.3 is 13.9 Å². The minimum Gasteiger partial charge on any atom is -0.456 e. The van der Waals surface area contributed by atoms with Crippen molar-refractivity contribution in [1.29, 1.82) is 5.26 Å². The number of pyridine rings is 1. The molecule has 3 aromatic rings. The van der Waals surface area contributed by atoms with Crippen LogP contribution >= 0.6 is 11.3 Å². The van der Waals surface area contributed by atoms with Crippen LogP contribution in [0.4, 0.5) is 0 Å². The highest BCUT2D eigenvalue weighted by Gasteiger charge is 2.32. The smallest absolute Gasteiger partial charge is 0.350 e. The highest BCUT2D eigenvalue weighted by atomic mass is 32.2. The number of sulfonamides is 1. The molecule has 150 valence electrons. The van der Waals surface area contributed by atoms with E-state index in [1.54, 1.807) is 28.2 Å². The maximum absolute atomic E-state index is 12.9. The van der Waals surface area contributed by atoms with Crippen molar-refractivity contribution in [3.8, 4) is 6.07 Å². The minimum atomic E-state index is -3.80. The lowest BCUT2D eigenvalue weighted by Gasteiger charge is -2.25. The average Bonchev–Trinajstić information content (AvgIpc) is 3.37. The SMILES string of the molecule is N#Cc1c(COC(=O)c2sccc2S(=O)(=O)N2CCOCC2)cn2ccccc12. The lowest BCUT2D eigenvalue weighted by atomic mass is 10.2. The number of aromatic nitrogens is 1. The number of nitrogens with zero attached hydrogens (tertiary/aromatic N) is 3. The van der Waals surface area contributed by atoms with Gasteiger partial charge in [-0.2, -0.15) is 9.57 Å². The fourth-order valence-electron chi connectivity index (χ4n) is 3.20. The van der Waals surface area contributed by atoms with Crippen molar-refractivity contribution in [3.05, 3.63) is 58.0 Å². The summed E-state index contributed by atoms with van der Waals surface area (Å²) < 4.78 is 39.4. The van der Waals surface area contributed by atoms with Crippen LogP contribution in [0.15, 0.2) is 46.9 Å². The van der Waals surface area contributed by atoms with Gasteiger partial charge in [0.1, 0.15) is 22.4 Å². The summed E-state index contributed by atoms with van der Waals surface area (Å²) in [4.78, 5) is 12.6. The van der Waals surface area contributed by atoms with Gasteiger partial charge in [0, 0.05) is 31.0 Å². The summed E-state index contributed by atoms with van der Waals surface area (Å²) in [5.74, 6) is -0.731. The van der Waals surface area contributed by atoms with Crippen molar-refractivity contribution < 1.29 is 22.7 Å². The van der Waals surface area contributed by atoms with Crippen molar-refractivity contribution in [1.82, 2.24) is 8.71 Å². The number of ether oxygens (including phenoxy) is 2. The van der Waals surface area contributed by atoms with Crippen LogP contribution in [-0.2, 0) is 26.1 Å². The van der Waals surface area contributed by atoms with Gasteiger partial charge in [-0.05, 0) is 23.6 Å². The van der Waals surface area contributed by atoms with E-state index in [1.807, 2.05) is 12.1 Å². The number of carbonyl (C=O) groups is 1. The number of esters is 1. The molecule has 4 rings (SSSR count). The Balaban J connectivity index is 1.55.